The first-order chi connectivity index (χ1) is 16.5. The van der Waals surface area contributed by atoms with E-state index < -0.39 is 7.26 Å². The molecule has 0 aliphatic heterocycles. The summed E-state index contributed by atoms with van der Waals surface area (Å²) in [6.45, 7) is 24.4. The quantitative estimate of drug-likeness (QED) is 0.0985. The lowest BCUT2D eigenvalue weighted by Crippen LogP contribution is -3.00. The van der Waals surface area contributed by atoms with Crippen molar-refractivity contribution in [2.24, 2.45) is 0 Å². The zero-order valence-corrected chi connectivity index (χ0v) is 30.7. The molecule has 0 unspecified atom stereocenters. The van der Waals surface area contributed by atoms with E-state index in [2.05, 4.69) is 55.4 Å². The second-order valence-corrected chi connectivity index (χ2v) is 15.8. The number of halogens is 2. The molecule has 0 saturated heterocycles. The van der Waals surface area contributed by atoms with Gasteiger partial charge in [-0.25, -0.2) is 0 Å². The Hall–Kier alpha value is 1.35. The van der Waals surface area contributed by atoms with Crippen LogP contribution in [0.15, 0.2) is 0 Å². The molecule has 0 aromatic carbocycles. The third-order valence-corrected chi connectivity index (χ3v) is 12.9. The number of quaternary nitrogens is 1. The monoisotopic (exact) mass is 659 g/mol. The van der Waals surface area contributed by atoms with Crippen molar-refractivity contribution in [2.45, 2.75) is 158 Å². The van der Waals surface area contributed by atoms with Gasteiger partial charge in [-0.05, 0) is 51.4 Å². The van der Waals surface area contributed by atoms with Gasteiger partial charge in [0, 0.05) is 7.26 Å². The van der Waals surface area contributed by atoms with Gasteiger partial charge in [0.05, 0.1) is 50.8 Å². The maximum atomic E-state index is 2.36. The number of hydrogen-bond donors (Lipinski definition) is 0. The maximum Gasteiger partial charge on any atom is 0.0786 e. The Morgan fingerprint density at radius 2 is 0.528 bits per heavy atom. The zero-order chi connectivity index (χ0) is 26.0. The first kappa shape index (κ1) is 44.4. The van der Waals surface area contributed by atoms with Crippen molar-refractivity contribution < 1.29 is 38.4 Å². The molecule has 4 heteroatoms. The Bertz CT molecular complexity index is 281. The van der Waals surface area contributed by atoms with E-state index >= 15 is 0 Å². The van der Waals surface area contributed by atoms with E-state index in [1.165, 1.54) is 133 Å². The van der Waals surface area contributed by atoms with E-state index in [4.69, 9.17) is 0 Å². The van der Waals surface area contributed by atoms with E-state index in [0.29, 0.717) is 0 Å². The summed E-state index contributed by atoms with van der Waals surface area (Å²) in [4.78, 5) is 0. The molecule has 0 amide bonds. The normalized spacial score (nSPS) is 11.3. The fraction of sp³-hybridized carbons (Fsp3) is 1.00. The molecule has 0 N–H and O–H groups in total. The second-order valence-electron chi connectivity index (χ2n) is 11.3. The van der Waals surface area contributed by atoms with Gasteiger partial charge < -0.3 is 38.4 Å². The molecule has 0 radical (unpaired) electrons. The summed E-state index contributed by atoms with van der Waals surface area (Å²) >= 11 is 0. The number of hydrogen-bond acceptors (Lipinski definition) is 0. The highest BCUT2D eigenvalue weighted by Gasteiger charge is 2.34. The maximum absolute atomic E-state index is 2.36. The highest BCUT2D eigenvalue weighted by molar-refractivity contribution is 7.75. The second kappa shape index (κ2) is 32.6. The molecule has 1 nitrogen and oxygen atoms in total. The Morgan fingerprint density at radius 1 is 0.333 bits per heavy atom. The third-order valence-electron chi connectivity index (χ3n) is 7.89. The lowest BCUT2D eigenvalue weighted by molar-refractivity contribution is -0.929. The van der Waals surface area contributed by atoms with Gasteiger partial charge in [-0.1, -0.05) is 107 Å². The molecule has 0 fully saturated rings. The first-order valence-electron chi connectivity index (χ1n) is 16.2. The summed E-state index contributed by atoms with van der Waals surface area (Å²) in [6, 6.07) is 0. The zero-order valence-electron chi connectivity index (χ0n) is 26.6. The lowest BCUT2D eigenvalue weighted by Gasteiger charge is -2.39. The molecule has 0 rings (SSSR count). The molecule has 0 bridgehead atoms. The van der Waals surface area contributed by atoms with Crippen molar-refractivity contribution in [1.82, 2.24) is 0 Å². The van der Waals surface area contributed by atoms with E-state index in [1.54, 1.807) is 24.6 Å². The van der Waals surface area contributed by atoms with Crippen molar-refractivity contribution in [2.75, 3.05) is 50.8 Å². The van der Waals surface area contributed by atoms with Crippen LogP contribution >= 0.6 is 7.26 Å². The molecule has 0 atom stereocenters. The Kier molecular flexibility index (Phi) is 40.1. The van der Waals surface area contributed by atoms with Crippen molar-refractivity contribution >= 4 is 7.26 Å². The van der Waals surface area contributed by atoms with Crippen LogP contribution in [-0.2, 0) is 0 Å². The predicted molar refractivity (Wildman–Crippen MR) is 165 cm³/mol. The largest absolute Gasteiger partial charge is 1.00 e. The minimum atomic E-state index is -0.562. The van der Waals surface area contributed by atoms with Crippen molar-refractivity contribution in [1.29, 1.82) is 0 Å². The topological polar surface area (TPSA) is 0 Å². The van der Waals surface area contributed by atoms with Crippen LogP contribution < -0.4 is 34.0 Å². The van der Waals surface area contributed by atoms with E-state index in [1.807, 2.05) is 0 Å². The van der Waals surface area contributed by atoms with Crippen LogP contribution in [0.5, 0.6) is 0 Å². The van der Waals surface area contributed by atoms with Crippen LogP contribution in [0.1, 0.15) is 158 Å². The van der Waals surface area contributed by atoms with E-state index in [9.17, 15) is 0 Å². The van der Waals surface area contributed by atoms with Crippen molar-refractivity contribution in [3.63, 3.8) is 0 Å². The Morgan fingerprint density at radius 3 is 0.694 bits per heavy atom. The highest BCUT2D eigenvalue weighted by Crippen LogP contribution is 2.61. The molecule has 224 valence electrons. The minimum absolute atomic E-state index is 0. The first-order valence-corrected chi connectivity index (χ1v) is 18.7. The smallest absolute Gasteiger partial charge is 0.0786 e. The van der Waals surface area contributed by atoms with Gasteiger partial charge in [0.15, 0.2) is 0 Å². The molecular formula is C32H72Br2NP. The molecular weight excluding hydrogens is 589 g/mol. The summed E-state index contributed by atoms with van der Waals surface area (Å²) in [5, 5.41) is 0. The summed E-state index contributed by atoms with van der Waals surface area (Å²) in [5.41, 5.74) is 0. The fourth-order valence-corrected chi connectivity index (χ4v) is 10.6. The molecule has 0 spiro atoms. The number of rotatable bonds is 24. The number of nitrogens with zero attached hydrogens (tertiary/aromatic N) is 1. The molecule has 0 aliphatic carbocycles. The average Bonchev–Trinajstić information content (AvgIpc) is 2.87. The van der Waals surface area contributed by atoms with Crippen molar-refractivity contribution in [3.8, 4) is 0 Å². The van der Waals surface area contributed by atoms with E-state index in [0.717, 1.165) is 0 Å². The SMILES string of the molecule is CCCC[N+](CCCC)(CCCC)CCCC.CCCC[P+](CCCC)(CCCC)CCCC.[Br-].[Br-]. The van der Waals surface area contributed by atoms with Crippen LogP contribution in [0.3, 0.4) is 0 Å². The summed E-state index contributed by atoms with van der Waals surface area (Å²) in [7, 11) is -0.562. The van der Waals surface area contributed by atoms with Gasteiger partial charge in [-0.15, -0.1) is 0 Å². The molecule has 0 heterocycles. The van der Waals surface area contributed by atoms with Crippen LogP contribution in [0.25, 0.3) is 0 Å². The summed E-state index contributed by atoms with van der Waals surface area (Å²) in [5.74, 6) is 0. The van der Waals surface area contributed by atoms with Gasteiger partial charge in [0.25, 0.3) is 0 Å². The van der Waals surface area contributed by atoms with Crippen LogP contribution in [0.2, 0.25) is 0 Å². The fourth-order valence-electron chi connectivity index (χ4n) is 5.29. The van der Waals surface area contributed by atoms with Gasteiger partial charge >= 0.3 is 0 Å². The third kappa shape index (κ3) is 24.4. The highest BCUT2D eigenvalue weighted by atomic mass is 79.9. The molecule has 0 saturated carbocycles. The number of unbranched alkanes of at least 4 members (excludes halogenated alkanes) is 8. The molecule has 0 aromatic rings. The van der Waals surface area contributed by atoms with Crippen LogP contribution in [-0.4, -0.2) is 55.3 Å². The van der Waals surface area contributed by atoms with Crippen molar-refractivity contribution in [3.05, 3.63) is 0 Å². The summed E-state index contributed by atoms with van der Waals surface area (Å²) < 4.78 is 1.42. The Labute approximate surface area is 253 Å². The summed E-state index contributed by atoms with van der Waals surface area (Å²) in [6.07, 6.45) is 29.0. The molecule has 0 aromatic heterocycles. The lowest BCUT2D eigenvalue weighted by atomic mass is 10.1. The standard InChI is InChI=1S/C16H36N.C16H36P.2BrH/c2*1-5-9-13-17(14-10-6-2,15-11-7-3)16-12-8-4;;/h2*5-16H2,1-4H3;2*1H/q2*+1;;/p-2. The van der Waals surface area contributed by atoms with Crippen LogP contribution in [0, 0.1) is 0 Å². The minimum Gasteiger partial charge on any atom is -1.00 e. The van der Waals surface area contributed by atoms with Gasteiger partial charge in [0.1, 0.15) is 0 Å². The Balaban J connectivity index is -0.000000269. The van der Waals surface area contributed by atoms with E-state index in [-0.39, 0.29) is 34.0 Å². The molecule has 36 heavy (non-hydrogen) atoms. The average molecular weight is 662 g/mol. The molecule has 0 aliphatic rings. The van der Waals surface area contributed by atoms with Gasteiger partial charge in [0.2, 0.25) is 0 Å². The van der Waals surface area contributed by atoms with Gasteiger partial charge in [-0.2, -0.15) is 0 Å². The predicted octanol–water partition coefficient (Wildman–Crippen LogP) is 5.22. The van der Waals surface area contributed by atoms with Gasteiger partial charge in [-0.3, -0.25) is 0 Å². The van der Waals surface area contributed by atoms with Crippen LogP contribution in [0.4, 0.5) is 0 Å².